The predicted molar refractivity (Wildman–Crippen MR) is 83.4 cm³/mol. The summed E-state index contributed by atoms with van der Waals surface area (Å²) in [7, 11) is 2.02. The van der Waals surface area contributed by atoms with Crippen LogP contribution >= 0.6 is 0 Å². The summed E-state index contributed by atoms with van der Waals surface area (Å²) in [5.41, 5.74) is 4.39. The van der Waals surface area contributed by atoms with E-state index in [-0.39, 0.29) is 0 Å². The predicted octanol–water partition coefficient (Wildman–Crippen LogP) is 2.76. The average molecular weight is 274 g/mol. The zero-order valence-corrected chi connectivity index (χ0v) is 12.7. The second kappa shape index (κ2) is 6.15. The normalized spacial score (nSPS) is 21.0. The smallest absolute Gasteiger partial charge is 0.0469 e. The molecule has 3 heteroatoms. The van der Waals surface area contributed by atoms with Gasteiger partial charge in [0.05, 0.1) is 0 Å². The fraction of sp³-hybridized carbons (Fsp3) is 0.647. The number of nitrogens with zero attached hydrogens (tertiary/aromatic N) is 1. The molecular weight excluding hydrogens is 248 g/mol. The number of anilines is 1. The molecule has 1 aromatic rings. The van der Waals surface area contributed by atoms with E-state index in [0.29, 0.717) is 6.04 Å². The maximum atomic E-state index is 5.46. The lowest BCUT2D eigenvalue weighted by Crippen LogP contribution is -2.31. The molecule has 1 N–H and O–H groups in total. The number of ether oxygens (including phenoxy) is 1. The Kier molecular flexibility index (Phi) is 4.27. The Bertz CT molecular complexity index is 454. The van der Waals surface area contributed by atoms with E-state index in [1.165, 1.54) is 49.2 Å². The van der Waals surface area contributed by atoms with Gasteiger partial charge in [0.1, 0.15) is 0 Å². The lowest BCUT2D eigenvalue weighted by molar-refractivity contribution is 0.0683. The van der Waals surface area contributed by atoms with Gasteiger partial charge in [0.15, 0.2) is 0 Å². The van der Waals surface area contributed by atoms with E-state index in [1.54, 1.807) is 0 Å². The Hall–Kier alpha value is -1.06. The number of hydrogen-bond acceptors (Lipinski definition) is 3. The number of nitrogens with one attached hydrogen (secondary N) is 1. The summed E-state index contributed by atoms with van der Waals surface area (Å²) < 4.78 is 5.46. The van der Waals surface area contributed by atoms with E-state index in [4.69, 9.17) is 4.74 Å². The molecule has 0 spiro atoms. The number of hydrogen-bond donors (Lipinski definition) is 1. The molecule has 0 bridgehead atoms. The number of rotatable bonds is 4. The van der Waals surface area contributed by atoms with Crippen LogP contribution in [-0.2, 0) is 11.2 Å². The summed E-state index contributed by atoms with van der Waals surface area (Å²) in [6.07, 6.45) is 3.64. The minimum atomic E-state index is 0.435. The highest BCUT2D eigenvalue weighted by Gasteiger charge is 2.24. The van der Waals surface area contributed by atoms with Crippen molar-refractivity contribution < 1.29 is 4.74 Å². The monoisotopic (exact) mass is 274 g/mol. The van der Waals surface area contributed by atoms with Crippen LogP contribution in [0.1, 0.15) is 36.9 Å². The summed E-state index contributed by atoms with van der Waals surface area (Å²) in [6.45, 7) is 6.51. The van der Waals surface area contributed by atoms with Gasteiger partial charge < -0.3 is 15.0 Å². The zero-order valence-electron chi connectivity index (χ0n) is 12.7. The van der Waals surface area contributed by atoms with Gasteiger partial charge in [-0.3, -0.25) is 0 Å². The van der Waals surface area contributed by atoms with Gasteiger partial charge >= 0.3 is 0 Å². The van der Waals surface area contributed by atoms with Crippen molar-refractivity contribution in [3.05, 3.63) is 29.3 Å². The largest absolute Gasteiger partial charge is 0.381 e. The van der Waals surface area contributed by atoms with Crippen molar-refractivity contribution in [2.45, 2.75) is 32.2 Å². The van der Waals surface area contributed by atoms with Crippen LogP contribution in [0.4, 0.5) is 5.69 Å². The summed E-state index contributed by atoms with van der Waals surface area (Å²) in [4.78, 5) is 2.58. The first-order valence-corrected chi connectivity index (χ1v) is 7.90. The Morgan fingerprint density at radius 1 is 1.35 bits per heavy atom. The Morgan fingerprint density at radius 3 is 2.90 bits per heavy atom. The third kappa shape index (κ3) is 2.84. The molecule has 1 unspecified atom stereocenters. The summed E-state index contributed by atoms with van der Waals surface area (Å²) in [5.74, 6) is 0.811. The SMILES string of the molecule is CNC(C)c1ccc2c(c1)CCN2CC1CCOCC1. The molecule has 2 aliphatic heterocycles. The molecule has 0 aliphatic carbocycles. The van der Waals surface area contributed by atoms with Crippen LogP contribution in [0, 0.1) is 5.92 Å². The molecule has 1 fully saturated rings. The topological polar surface area (TPSA) is 24.5 Å². The molecule has 0 radical (unpaired) electrons. The van der Waals surface area contributed by atoms with E-state index in [9.17, 15) is 0 Å². The van der Waals surface area contributed by atoms with E-state index >= 15 is 0 Å². The summed E-state index contributed by atoms with van der Waals surface area (Å²) in [6, 6.07) is 7.43. The van der Waals surface area contributed by atoms with E-state index in [0.717, 1.165) is 19.1 Å². The van der Waals surface area contributed by atoms with Gasteiger partial charge in [0.25, 0.3) is 0 Å². The fourth-order valence-corrected chi connectivity index (χ4v) is 3.36. The van der Waals surface area contributed by atoms with Gasteiger partial charge in [-0.1, -0.05) is 12.1 Å². The molecule has 20 heavy (non-hydrogen) atoms. The molecule has 2 heterocycles. The first-order chi connectivity index (χ1) is 9.78. The van der Waals surface area contributed by atoms with Crippen molar-refractivity contribution in [1.82, 2.24) is 5.32 Å². The van der Waals surface area contributed by atoms with Crippen molar-refractivity contribution >= 4 is 5.69 Å². The van der Waals surface area contributed by atoms with Crippen LogP contribution in [0.3, 0.4) is 0 Å². The van der Waals surface area contributed by atoms with Crippen LogP contribution in [0.5, 0.6) is 0 Å². The highest BCUT2D eigenvalue weighted by atomic mass is 16.5. The molecule has 1 atom stereocenters. The molecule has 0 aromatic heterocycles. The van der Waals surface area contributed by atoms with Gasteiger partial charge in [-0.05, 0) is 56.3 Å². The highest BCUT2D eigenvalue weighted by Crippen LogP contribution is 2.32. The van der Waals surface area contributed by atoms with Crippen molar-refractivity contribution in [3.8, 4) is 0 Å². The number of fused-ring (bicyclic) bond motifs is 1. The van der Waals surface area contributed by atoms with Crippen molar-refractivity contribution in [3.63, 3.8) is 0 Å². The molecule has 1 saturated heterocycles. The first-order valence-electron chi connectivity index (χ1n) is 7.90. The Balaban J connectivity index is 1.70. The zero-order chi connectivity index (χ0) is 13.9. The maximum absolute atomic E-state index is 5.46. The molecule has 0 amide bonds. The fourth-order valence-electron chi connectivity index (χ4n) is 3.36. The van der Waals surface area contributed by atoms with Crippen LogP contribution in [-0.4, -0.2) is 33.4 Å². The molecule has 110 valence electrons. The summed E-state index contributed by atoms with van der Waals surface area (Å²) >= 11 is 0. The van der Waals surface area contributed by atoms with Crippen molar-refractivity contribution in [2.24, 2.45) is 5.92 Å². The maximum Gasteiger partial charge on any atom is 0.0469 e. The van der Waals surface area contributed by atoms with Gasteiger partial charge in [-0.2, -0.15) is 0 Å². The van der Waals surface area contributed by atoms with E-state index < -0.39 is 0 Å². The van der Waals surface area contributed by atoms with Crippen LogP contribution in [0.2, 0.25) is 0 Å². The minimum Gasteiger partial charge on any atom is -0.381 e. The van der Waals surface area contributed by atoms with Crippen LogP contribution in [0.15, 0.2) is 18.2 Å². The quantitative estimate of drug-likeness (QED) is 0.913. The van der Waals surface area contributed by atoms with E-state index in [1.807, 2.05) is 7.05 Å². The van der Waals surface area contributed by atoms with Gasteiger partial charge in [-0.25, -0.2) is 0 Å². The van der Waals surface area contributed by atoms with Crippen molar-refractivity contribution in [2.75, 3.05) is 38.3 Å². The third-order valence-corrected chi connectivity index (χ3v) is 4.85. The van der Waals surface area contributed by atoms with Crippen LogP contribution < -0.4 is 10.2 Å². The molecular formula is C17H26N2O. The lowest BCUT2D eigenvalue weighted by atomic mass is 9.99. The Morgan fingerprint density at radius 2 is 2.15 bits per heavy atom. The van der Waals surface area contributed by atoms with Crippen LogP contribution in [0.25, 0.3) is 0 Å². The van der Waals surface area contributed by atoms with Gasteiger partial charge in [-0.15, -0.1) is 0 Å². The molecule has 0 saturated carbocycles. The van der Waals surface area contributed by atoms with Gasteiger partial charge in [0.2, 0.25) is 0 Å². The average Bonchev–Trinajstić information content (AvgIpc) is 2.90. The lowest BCUT2D eigenvalue weighted by Gasteiger charge is -2.28. The molecule has 3 rings (SSSR count). The summed E-state index contributed by atoms with van der Waals surface area (Å²) in [5, 5.41) is 3.32. The standard InChI is InChI=1S/C17H26N2O/c1-13(18-2)15-3-4-17-16(11-15)5-8-19(17)12-14-6-9-20-10-7-14/h3-4,11,13-14,18H,5-10,12H2,1-2H3. The second-order valence-corrected chi connectivity index (χ2v) is 6.15. The first kappa shape index (κ1) is 13.9. The molecule has 3 nitrogen and oxygen atoms in total. The molecule has 2 aliphatic rings. The third-order valence-electron chi connectivity index (χ3n) is 4.85. The van der Waals surface area contributed by atoms with E-state index in [2.05, 4.69) is 35.3 Å². The van der Waals surface area contributed by atoms with Gasteiger partial charge in [0, 0.05) is 38.0 Å². The highest BCUT2D eigenvalue weighted by molar-refractivity contribution is 5.59. The minimum absolute atomic E-state index is 0.435. The number of benzene rings is 1. The van der Waals surface area contributed by atoms with Crippen molar-refractivity contribution in [1.29, 1.82) is 0 Å². The Labute approximate surface area is 122 Å². The molecule has 1 aromatic carbocycles. The second-order valence-electron chi connectivity index (χ2n) is 6.15.